The number of nitrogens with zero attached hydrogens (tertiary/aromatic N) is 3. The molecule has 0 saturated heterocycles. The molecule has 0 saturated carbocycles. The molecular weight excluding hydrogens is 474 g/mol. The molecule has 7 rings (SSSR count). The summed E-state index contributed by atoms with van der Waals surface area (Å²) in [5.41, 5.74) is 1.03. The second-order valence-electron chi connectivity index (χ2n) is 8.38. The zero-order chi connectivity index (χ0) is 32.6. The van der Waals surface area contributed by atoms with Gasteiger partial charge in [0.15, 0.2) is 17.5 Å². The van der Waals surface area contributed by atoms with E-state index < -0.39 is 54.4 Å². The third-order valence-corrected chi connectivity index (χ3v) is 6.31. The molecule has 6 aromatic carbocycles. The van der Waals surface area contributed by atoms with Gasteiger partial charge in [0.1, 0.15) is 0 Å². The lowest BCUT2D eigenvalue weighted by Crippen LogP contribution is -2.00. The molecule has 0 aliphatic carbocycles. The van der Waals surface area contributed by atoms with Gasteiger partial charge in [-0.3, -0.25) is 0 Å². The van der Waals surface area contributed by atoms with Crippen molar-refractivity contribution in [3.05, 3.63) is 126 Å². The topological polar surface area (TPSA) is 38.7 Å². The normalized spacial score (nSPS) is 14.8. The smallest absolute Gasteiger partial charge is 0.164 e. The molecule has 0 N–H and O–H groups in total. The van der Waals surface area contributed by atoms with E-state index in [9.17, 15) is 0 Å². The van der Waals surface area contributed by atoms with Gasteiger partial charge in [0, 0.05) is 21.7 Å². The van der Waals surface area contributed by atoms with Crippen LogP contribution in [0, 0.1) is 0 Å². The van der Waals surface area contributed by atoms with E-state index in [4.69, 9.17) is 33.9 Å². The fourth-order valence-corrected chi connectivity index (χ4v) is 4.50. The predicted molar refractivity (Wildman–Crippen MR) is 154 cm³/mol. The molecule has 3 nitrogen and oxygen atoms in total. The largest absolute Gasteiger partial charge is 0.208 e. The summed E-state index contributed by atoms with van der Waals surface area (Å²) in [6, 6.07) is 15.5. The number of fused-ring (bicyclic) bond motifs is 4. The van der Waals surface area contributed by atoms with Gasteiger partial charge in [-0.05, 0) is 50.5 Å². The SMILES string of the molecule is [2H]c1c([2H])c([2H])c2c(c1[2H])c([2H])c([2H])c1c(-c3nc(-c4cccc(Cl)c4)nc(-c4ccc5ccccc5c4)n3)c([2H])c([2H])c([2H])c12. The van der Waals surface area contributed by atoms with Gasteiger partial charge in [0.05, 0.1) is 12.3 Å². The number of benzene rings is 6. The summed E-state index contributed by atoms with van der Waals surface area (Å²) in [6.07, 6.45) is 0. The first-order valence-corrected chi connectivity index (χ1v) is 11.8. The summed E-state index contributed by atoms with van der Waals surface area (Å²) in [4.78, 5) is 14.1. The van der Waals surface area contributed by atoms with Crippen molar-refractivity contribution in [1.29, 1.82) is 0 Å². The Kier molecular flexibility index (Phi) is 3.38. The highest BCUT2D eigenvalue weighted by atomic mass is 35.5. The van der Waals surface area contributed by atoms with Gasteiger partial charge in [-0.2, -0.15) is 0 Å². The minimum absolute atomic E-state index is 0.107. The molecule has 7 aromatic rings. The number of hydrogen-bond acceptors (Lipinski definition) is 3. The minimum Gasteiger partial charge on any atom is -0.208 e. The maximum atomic E-state index is 9.01. The number of hydrogen-bond donors (Lipinski definition) is 0. The summed E-state index contributed by atoms with van der Waals surface area (Å²) in [5.74, 6) is 0.301. The zero-order valence-electron chi connectivity index (χ0n) is 28.1. The number of rotatable bonds is 3. The van der Waals surface area contributed by atoms with Crippen LogP contribution < -0.4 is 0 Å². The summed E-state index contributed by atoms with van der Waals surface area (Å²) in [5, 5.41) is 1.64. The molecule has 4 heteroatoms. The molecule has 0 aliphatic heterocycles. The van der Waals surface area contributed by atoms with Crippen LogP contribution in [-0.2, 0) is 0 Å². The standard InChI is InChI=1S/C33H20ClN3/c34-26-11-5-10-24(20-26)31-35-32(25-16-15-21-7-1-2-9-23(21)19-25)37-33(36-31)30-14-6-13-28-27-12-4-3-8-22(27)17-18-29(28)30/h1-20H/i3D,4D,6D,8D,12D,13D,14D,17D,18D. The van der Waals surface area contributed by atoms with Crippen molar-refractivity contribution in [3.63, 3.8) is 0 Å². The van der Waals surface area contributed by atoms with Crippen molar-refractivity contribution in [2.45, 2.75) is 0 Å². The molecule has 0 bridgehead atoms. The lowest BCUT2D eigenvalue weighted by Gasteiger charge is -2.12. The zero-order valence-corrected chi connectivity index (χ0v) is 19.8. The third-order valence-electron chi connectivity index (χ3n) is 6.07. The van der Waals surface area contributed by atoms with E-state index >= 15 is 0 Å². The Morgan fingerprint density at radius 1 is 0.514 bits per heavy atom. The molecule has 37 heavy (non-hydrogen) atoms. The minimum atomic E-state index is -0.583. The van der Waals surface area contributed by atoms with Crippen LogP contribution in [0.2, 0.25) is 5.02 Å². The van der Waals surface area contributed by atoms with Crippen molar-refractivity contribution in [2.24, 2.45) is 0 Å². The first kappa shape index (κ1) is 14.2. The molecule has 0 amide bonds. The van der Waals surface area contributed by atoms with Crippen LogP contribution in [0.1, 0.15) is 12.3 Å². The molecule has 1 aromatic heterocycles. The van der Waals surface area contributed by atoms with Gasteiger partial charge in [0.25, 0.3) is 0 Å². The molecule has 0 spiro atoms. The maximum Gasteiger partial charge on any atom is 0.164 e. The fraction of sp³-hybridized carbons (Fsp3) is 0. The lowest BCUT2D eigenvalue weighted by molar-refractivity contribution is 1.08. The first-order valence-electron chi connectivity index (χ1n) is 15.9. The van der Waals surface area contributed by atoms with Crippen LogP contribution in [0.5, 0.6) is 0 Å². The van der Waals surface area contributed by atoms with Gasteiger partial charge in [-0.1, -0.05) is 115 Å². The van der Waals surface area contributed by atoms with Crippen molar-refractivity contribution < 1.29 is 12.3 Å². The summed E-state index contributed by atoms with van der Waals surface area (Å²) >= 11 is 6.31. The first-order chi connectivity index (χ1) is 22.0. The molecule has 0 unspecified atom stereocenters. The average molecular weight is 503 g/mol. The molecule has 0 fully saturated rings. The number of aromatic nitrogens is 3. The van der Waals surface area contributed by atoms with E-state index in [0.29, 0.717) is 16.1 Å². The van der Waals surface area contributed by atoms with E-state index in [-0.39, 0.29) is 44.6 Å². The Labute approximate surface area is 231 Å². The second-order valence-corrected chi connectivity index (χ2v) is 8.81. The Balaban J connectivity index is 1.64. The lowest BCUT2D eigenvalue weighted by atomic mass is 9.98. The summed E-state index contributed by atoms with van der Waals surface area (Å²) < 4.78 is 77.9. The van der Waals surface area contributed by atoms with Gasteiger partial charge < -0.3 is 0 Å². The molecule has 1 heterocycles. The number of halogens is 1. The Hall–Kier alpha value is -4.60. The monoisotopic (exact) mass is 502 g/mol. The highest BCUT2D eigenvalue weighted by molar-refractivity contribution is 6.30. The van der Waals surface area contributed by atoms with E-state index in [1.165, 1.54) is 0 Å². The van der Waals surface area contributed by atoms with Crippen molar-refractivity contribution >= 4 is 43.9 Å². The molecular formula is C33H20ClN3. The highest BCUT2D eigenvalue weighted by Gasteiger charge is 2.15. The van der Waals surface area contributed by atoms with Crippen molar-refractivity contribution in [3.8, 4) is 34.2 Å². The Morgan fingerprint density at radius 2 is 1.27 bits per heavy atom. The summed E-state index contributed by atoms with van der Waals surface area (Å²) in [6.45, 7) is 0. The second kappa shape index (κ2) is 8.81. The summed E-state index contributed by atoms with van der Waals surface area (Å²) in [7, 11) is 0. The van der Waals surface area contributed by atoms with Gasteiger partial charge in [0.2, 0.25) is 0 Å². The molecule has 0 aliphatic rings. The maximum absolute atomic E-state index is 9.01. The highest BCUT2D eigenvalue weighted by Crippen LogP contribution is 2.34. The van der Waals surface area contributed by atoms with Crippen molar-refractivity contribution in [1.82, 2.24) is 15.0 Å². The van der Waals surface area contributed by atoms with Crippen LogP contribution in [0.25, 0.3) is 66.5 Å². The van der Waals surface area contributed by atoms with E-state index in [0.717, 1.165) is 10.8 Å². The molecule has 0 radical (unpaired) electrons. The van der Waals surface area contributed by atoms with Crippen LogP contribution >= 0.6 is 11.6 Å². The van der Waals surface area contributed by atoms with Crippen LogP contribution in [0.4, 0.5) is 0 Å². The van der Waals surface area contributed by atoms with E-state index in [2.05, 4.69) is 4.98 Å². The third kappa shape index (κ3) is 3.90. The van der Waals surface area contributed by atoms with Crippen LogP contribution in [-0.4, -0.2) is 15.0 Å². The van der Waals surface area contributed by atoms with Crippen molar-refractivity contribution in [2.75, 3.05) is 0 Å². The van der Waals surface area contributed by atoms with Crippen LogP contribution in [0.3, 0.4) is 0 Å². The van der Waals surface area contributed by atoms with Gasteiger partial charge in [-0.25, -0.2) is 15.0 Å². The average Bonchev–Trinajstić information content (AvgIpc) is 3.06. The molecule has 174 valence electrons. The predicted octanol–water partition coefficient (Wildman–Crippen LogP) is 8.99. The van der Waals surface area contributed by atoms with E-state index in [1.807, 2.05) is 42.5 Å². The van der Waals surface area contributed by atoms with Gasteiger partial charge in [-0.15, -0.1) is 0 Å². The molecule has 0 atom stereocenters. The van der Waals surface area contributed by atoms with Crippen LogP contribution in [0.15, 0.2) is 121 Å². The Morgan fingerprint density at radius 3 is 2.14 bits per heavy atom. The Bertz CT molecular complexity index is 2450. The quantitative estimate of drug-likeness (QED) is 0.226. The fourth-order valence-electron chi connectivity index (χ4n) is 4.31. The van der Waals surface area contributed by atoms with Gasteiger partial charge >= 0.3 is 0 Å². The van der Waals surface area contributed by atoms with E-state index in [1.54, 1.807) is 24.3 Å².